The second-order valence-electron chi connectivity index (χ2n) is 5.72. The summed E-state index contributed by atoms with van der Waals surface area (Å²) in [5.41, 5.74) is 2.54. The maximum atomic E-state index is 5.41. The van der Waals surface area contributed by atoms with E-state index in [1.807, 2.05) is 0 Å². The summed E-state index contributed by atoms with van der Waals surface area (Å²) in [6.07, 6.45) is 2.68. The summed E-state index contributed by atoms with van der Waals surface area (Å²) in [5.74, 6) is 1.77. The number of nitrogens with one attached hydrogen (secondary N) is 1. The van der Waals surface area contributed by atoms with Gasteiger partial charge in [0.25, 0.3) is 0 Å². The minimum absolute atomic E-state index is 0.787. The Morgan fingerprint density at radius 1 is 1.42 bits per heavy atom. The number of rotatable bonds is 5. The molecule has 0 amide bonds. The molecule has 1 N–H and O–H groups in total. The van der Waals surface area contributed by atoms with Crippen LogP contribution in [0.1, 0.15) is 24.0 Å². The molecule has 2 rings (SSSR count). The third kappa shape index (κ3) is 4.22. The zero-order valence-electron chi connectivity index (χ0n) is 12.4. The van der Waals surface area contributed by atoms with Gasteiger partial charge in [-0.1, -0.05) is 17.7 Å². The average molecular weight is 262 g/mol. The molecule has 1 unspecified atom stereocenters. The molecular weight excluding hydrogens is 236 g/mol. The van der Waals surface area contributed by atoms with Crippen molar-refractivity contribution in [3.63, 3.8) is 0 Å². The van der Waals surface area contributed by atoms with Crippen LogP contribution in [-0.4, -0.2) is 38.7 Å². The van der Waals surface area contributed by atoms with E-state index in [2.05, 4.69) is 42.4 Å². The van der Waals surface area contributed by atoms with E-state index in [9.17, 15) is 0 Å². The van der Waals surface area contributed by atoms with Crippen molar-refractivity contribution in [1.82, 2.24) is 10.2 Å². The van der Waals surface area contributed by atoms with Gasteiger partial charge in [0.1, 0.15) is 5.75 Å². The predicted molar refractivity (Wildman–Crippen MR) is 79.7 cm³/mol. The van der Waals surface area contributed by atoms with E-state index in [-0.39, 0.29) is 0 Å². The van der Waals surface area contributed by atoms with Gasteiger partial charge in [0.05, 0.1) is 7.11 Å². The fraction of sp³-hybridized carbons (Fsp3) is 0.625. The maximum Gasteiger partial charge on any atom is 0.123 e. The van der Waals surface area contributed by atoms with Crippen LogP contribution in [0.4, 0.5) is 0 Å². The summed E-state index contributed by atoms with van der Waals surface area (Å²) in [7, 11) is 3.96. The number of likely N-dealkylation sites (tertiary alicyclic amines) is 1. The molecule has 0 aliphatic carbocycles. The number of hydrogen-bond donors (Lipinski definition) is 1. The van der Waals surface area contributed by atoms with Crippen LogP contribution in [0.5, 0.6) is 5.75 Å². The number of benzene rings is 1. The van der Waals surface area contributed by atoms with Crippen LogP contribution in [-0.2, 0) is 6.54 Å². The Labute approximate surface area is 116 Å². The van der Waals surface area contributed by atoms with E-state index < -0.39 is 0 Å². The molecule has 1 aromatic rings. The van der Waals surface area contributed by atoms with E-state index in [1.54, 1.807) is 7.11 Å². The van der Waals surface area contributed by atoms with Crippen molar-refractivity contribution in [2.75, 3.05) is 33.8 Å². The average Bonchev–Trinajstić information content (AvgIpc) is 2.39. The van der Waals surface area contributed by atoms with Gasteiger partial charge in [0.2, 0.25) is 0 Å². The van der Waals surface area contributed by atoms with Crippen molar-refractivity contribution in [3.8, 4) is 5.75 Å². The van der Waals surface area contributed by atoms with Gasteiger partial charge in [-0.05, 0) is 51.9 Å². The van der Waals surface area contributed by atoms with E-state index in [0.717, 1.165) is 24.8 Å². The third-order valence-electron chi connectivity index (χ3n) is 3.91. The monoisotopic (exact) mass is 262 g/mol. The topological polar surface area (TPSA) is 24.5 Å². The SMILES string of the molecule is COc1ccc(C)cc1CNCC1CCCN(C)C1. The summed E-state index contributed by atoms with van der Waals surface area (Å²) < 4.78 is 5.41. The molecule has 1 fully saturated rings. The zero-order valence-corrected chi connectivity index (χ0v) is 12.4. The lowest BCUT2D eigenvalue weighted by molar-refractivity contribution is 0.206. The van der Waals surface area contributed by atoms with Crippen molar-refractivity contribution < 1.29 is 4.74 Å². The standard InChI is InChI=1S/C16H26N2O/c1-13-6-7-16(19-3)15(9-13)11-17-10-14-5-4-8-18(2)12-14/h6-7,9,14,17H,4-5,8,10-12H2,1-3H3. The largest absolute Gasteiger partial charge is 0.496 e. The number of methoxy groups -OCH3 is 1. The van der Waals surface area contributed by atoms with Crippen LogP contribution in [0.2, 0.25) is 0 Å². The fourth-order valence-corrected chi connectivity index (χ4v) is 2.90. The molecule has 1 atom stereocenters. The molecule has 3 nitrogen and oxygen atoms in total. The fourth-order valence-electron chi connectivity index (χ4n) is 2.90. The van der Waals surface area contributed by atoms with Crippen molar-refractivity contribution in [2.24, 2.45) is 5.92 Å². The second kappa shape index (κ2) is 6.92. The lowest BCUT2D eigenvalue weighted by Crippen LogP contribution is -2.37. The Hall–Kier alpha value is -1.06. The van der Waals surface area contributed by atoms with Crippen LogP contribution in [0.15, 0.2) is 18.2 Å². The molecular formula is C16H26N2O. The van der Waals surface area contributed by atoms with Crippen LogP contribution >= 0.6 is 0 Å². The van der Waals surface area contributed by atoms with Crippen LogP contribution < -0.4 is 10.1 Å². The Bertz CT molecular complexity index is 406. The van der Waals surface area contributed by atoms with Crippen molar-refractivity contribution in [3.05, 3.63) is 29.3 Å². The van der Waals surface area contributed by atoms with Crippen LogP contribution in [0.3, 0.4) is 0 Å². The molecule has 0 spiro atoms. The summed E-state index contributed by atoms with van der Waals surface area (Å²) in [4.78, 5) is 2.43. The molecule has 1 aromatic carbocycles. The summed E-state index contributed by atoms with van der Waals surface area (Å²) in [5, 5.41) is 3.59. The number of nitrogens with zero attached hydrogens (tertiary/aromatic N) is 1. The van der Waals surface area contributed by atoms with Gasteiger partial charge in [-0.3, -0.25) is 0 Å². The smallest absolute Gasteiger partial charge is 0.123 e. The molecule has 19 heavy (non-hydrogen) atoms. The lowest BCUT2D eigenvalue weighted by atomic mass is 9.98. The maximum absolute atomic E-state index is 5.41. The Kier molecular flexibility index (Phi) is 5.23. The van der Waals surface area contributed by atoms with Crippen LogP contribution in [0.25, 0.3) is 0 Å². The normalized spacial score (nSPS) is 20.5. The first kappa shape index (κ1) is 14.4. The van der Waals surface area contributed by atoms with Gasteiger partial charge < -0.3 is 15.0 Å². The molecule has 1 aliphatic heterocycles. The highest BCUT2D eigenvalue weighted by atomic mass is 16.5. The van der Waals surface area contributed by atoms with Crippen molar-refractivity contribution >= 4 is 0 Å². The van der Waals surface area contributed by atoms with E-state index in [4.69, 9.17) is 4.74 Å². The molecule has 1 saturated heterocycles. The quantitative estimate of drug-likeness (QED) is 0.882. The van der Waals surface area contributed by atoms with Gasteiger partial charge in [-0.15, -0.1) is 0 Å². The first-order valence-electron chi connectivity index (χ1n) is 7.22. The lowest BCUT2D eigenvalue weighted by Gasteiger charge is -2.29. The summed E-state index contributed by atoms with van der Waals surface area (Å²) in [6, 6.07) is 6.36. The third-order valence-corrected chi connectivity index (χ3v) is 3.91. The molecule has 0 aromatic heterocycles. The first-order chi connectivity index (χ1) is 9.19. The second-order valence-corrected chi connectivity index (χ2v) is 5.72. The zero-order chi connectivity index (χ0) is 13.7. The Balaban J connectivity index is 1.83. The minimum Gasteiger partial charge on any atom is -0.496 e. The van der Waals surface area contributed by atoms with Crippen LogP contribution in [0, 0.1) is 12.8 Å². The highest BCUT2D eigenvalue weighted by molar-refractivity contribution is 5.36. The van der Waals surface area contributed by atoms with Gasteiger partial charge >= 0.3 is 0 Å². The molecule has 3 heteroatoms. The summed E-state index contributed by atoms with van der Waals surface area (Å²) >= 11 is 0. The number of ether oxygens (including phenoxy) is 1. The molecule has 1 heterocycles. The van der Waals surface area contributed by atoms with E-state index in [0.29, 0.717) is 0 Å². The molecule has 0 bridgehead atoms. The van der Waals surface area contributed by atoms with Gasteiger partial charge in [-0.2, -0.15) is 0 Å². The van der Waals surface area contributed by atoms with Crippen molar-refractivity contribution in [1.29, 1.82) is 0 Å². The van der Waals surface area contributed by atoms with Crippen molar-refractivity contribution in [2.45, 2.75) is 26.3 Å². The highest BCUT2D eigenvalue weighted by Gasteiger charge is 2.16. The molecule has 0 saturated carbocycles. The number of aryl methyl sites for hydroxylation is 1. The summed E-state index contributed by atoms with van der Waals surface area (Å²) in [6.45, 7) is 6.59. The van der Waals surface area contributed by atoms with Gasteiger partial charge in [-0.25, -0.2) is 0 Å². The number of piperidine rings is 1. The van der Waals surface area contributed by atoms with Gasteiger partial charge in [0.15, 0.2) is 0 Å². The van der Waals surface area contributed by atoms with E-state index >= 15 is 0 Å². The molecule has 0 radical (unpaired) electrons. The first-order valence-corrected chi connectivity index (χ1v) is 7.22. The highest BCUT2D eigenvalue weighted by Crippen LogP contribution is 2.20. The van der Waals surface area contributed by atoms with Gasteiger partial charge in [0, 0.05) is 18.7 Å². The van der Waals surface area contributed by atoms with E-state index in [1.165, 1.54) is 37.1 Å². The molecule has 106 valence electrons. The minimum atomic E-state index is 0.787. The number of hydrogen-bond acceptors (Lipinski definition) is 3. The predicted octanol–water partition coefficient (Wildman–Crippen LogP) is 2.44. The Morgan fingerprint density at radius 3 is 3.00 bits per heavy atom. The molecule has 1 aliphatic rings. The Morgan fingerprint density at radius 2 is 2.26 bits per heavy atom.